The van der Waals surface area contributed by atoms with Crippen LogP contribution in [0, 0.1) is 5.82 Å². The van der Waals surface area contributed by atoms with Crippen LogP contribution in [0.1, 0.15) is 45.6 Å². The van der Waals surface area contributed by atoms with E-state index in [0.717, 1.165) is 12.8 Å². The number of rotatable bonds is 3. The molecule has 6 nitrogen and oxygen atoms in total. The molecule has 0 saturated carbocycles. The molecule has 28 heavy (non-hydrogen) atoms. The highest BCUT2D eigenvalue weighted by Gasteiger charge is 2.44. The molecule has 2 N–H and O–H groups in total. The first kappa shape index (κ1) is 20.9. The molecular weight excluding hydrogens is 363 g/mol. The zero-order valence-corrected chi connectivity index (χ0v) is 17.0. The zero-order valence-electron chi connectivity index (χ0n) is 17.0. The Morgan fingerprint density at radius 2 is 2.07 bits per heavy atom. The van der Waals surface area contributed by atoms with Gasteiger partial charge in [-0.3, -0.25) is 0 Å². The number of amides is 1. The molecule has 1 aromatic rings. The zero-order chi connectivity index (χ0) is 20.4. The first-order chi connectivity index (χ1) is 13.2. The third-order valence-electron chi connectivity index (χ3n) is 5.25. The number of ether oxygens (including phenoxy) is 3. The summed E-state index contributed by atoms with van der Waals surface area (Å²) in [5.41, 5.74) is 5.89. The van der Waals surface area contributed by atoms with Gasteiger partial charge in [0, 0.05) is 37.3 Å². The van der Waals surface area contributed by atoms with Gasteiger partial charge in [0.2, 0.25) is 0 Å². The van der Waals surface area contributed by atoms with Gasteiger partial charge in [0.05, 0.1) is 24.8 Å². The Labute approximate surface area is 166 Å². The lowest BCUT2D eigenvalue weighted by Gasteiger charge is -2.48. The summed E-state index contributed by atoms with van der Waals surface area (Å²) in [6.45, 7) is 7.69. The van der Waals surface area contributed by atoms with Crippen LogP contribution in [0.5, 0.6) is 0 Å². The molecule has 7 heteroatoms. The Bertz CT molecular complexity index is 678. The van der Waals surface area contributed by atoms with Crippen LogP contribution in [0.15, 0.2) is 18.2 Å². The van der Waals surface area contributed by atoms with Crippen molar-refractivity contribution in [3.05, 3.63) is 29.6 Å². The average molecular weight is 394 g/mol. The monoisotopic (exact) mass is 394 g/mol. The van der Waals surface area contributed by atoms with Crippen LogP contribution < -0.4 is 5.73 Å². The van der Waals surface area contributed by atoms with Gasteiger partial charge in [-0.05, 0) is 45.7 Å². The van der Waals surface area contributed by atoms with Crippen LogP contribution in [0.2, 0.25) is 0 Å². The summed E-state index contributed by atoms with van der Waals surface area (Å²) in [6.07, 6.45) is 1.94. The number of hydrogen-bond donors (Lipinski definition) is 1. The van der Waals surface area contributed by atoms with Gasteiger partial charge in [-0.2, -0.15) is 0 Å². The molecule has 1 atom stereocenters. The largest absolute Gasteiger partial charge is 0.444 e. The number of carbonyl (C=O) groups excluding carboxylic acids is 1. The van der Waals surface area contributed by atoms with E-state index >= 15 is 0 Å². The maximum Gasteiger partial charge on any atom is 0.410 e. The van der Waals surface area contributed by atoms with Crippen molar-refractivity contribution in [1.29, 1.82) is 0 Å². The Hall–Kier alpha value is -1.86. The van der Waals surface area contributed by atoms with Crippen LogP contribution >= 0.6 is 0 Å². The van der Waals surface area contributed by atoms with Crippen LogP contribution in [0.25, 0.3) is 0 Å². The van der Waals surface area contributed by atoms with Crippen molar-refractivity contribution in [2.24, 2.45) is 0 Å². The molecule has 0 aliphatic carbocycles. The molecule has 0 aromatic heterocycles. The number of halogens is 1. The predicted octanol–water partition coefficient (Wildman–Crippen LogP) is 3.53. The maximum atomic E-state index is 14.1. The molecular formula is C21H31FN2O4. The van der Waals surface area contributed by atoms with Crippen LogP contribution in [0.4, 0.5) is 14.9 Å². The predicted molar refractivity (Wildman–Crippen MR) is 105 cm³/mol. The fourth-order valence-corrected chi connectivity index (χ4v) is 3.87. The Morgan fingerprint density at radius 3 is 2.71 bits per heavy atom. The van der Waals surface area contributed by atoms with Gasteiger partial charge in [0.25, 0.3) is 0 Å². The van der Waals surface area contributed by atoms with Gasteiger partial charge in [-0.15, -0.1) is 0 Å². The summed E-state index contributed by atoms with van der Waals surface area (Å²) in [7, 11) is 0. The standard InChI is InChI=1S/C21H31FN2O4/c1-20(2,3)28-19(25)24-13-15(27-21(14-24)9-11-26-12-10-21)7-8-16-17(22)5-4-6-18(16)23/h4-6,15H,7-14,23H2,1-3H3/t15-/m1/s1. The number of nitrogens with zero attached hydrogens (tertiary/aromatic N) is 1. The molecule has 2 heterocycles. The molecule has 2 aliphatic rings. The van der Waals surface area contributed by atoms with E-state index < -0.39 is 11.2 Å². The number of hydrogen-bond acceptors (Lipinski definition) is 5. The maximum absolute atomic E-state index is 14.1. The summed E-state index contributed by atoms with van der Waals surface area (Å²) >= 11 is 0. The van der Waals surface area contributed by atoms with Crippen molar-refractivity contribution in [3.8, 4) is 0 Å². The van der Waals surface area contributed by atoms with Crippen molar-refractivity contribution >= 4 is 11.8 Å². The molecule has 2 saturated heterocycles. The van der Waals surface area contributed by atoms with E-state index in [0.29, 0.717) is 50.4 Å². The Kier molecular flexibility index (Phi) is 6.15. The van der Waals surface area contributed by atoms with E-state index in [4.69, 9.17) is 19.9 Å². The minimum atomic E-state index is -0.560. The number of benzene rings is 1. The quantitative estimate of drug-likeness (QED) is 0.794. The topological polar surface area (TPSA) is 74.0 Å². The molecule has 156 valence electrons. The average Bonchev–Trinajstić information content (AvgIpc) is 2.60. The van der Waals surface area contributed by atoms with Crippen molar-refractivity contribution in [2.75, 3.05) is 32.0 Å². The van der Waals surface area contributed by atoms with Crippen LogP contribution in [0.3, 0.4) is 0 Å². The molecule has 1 aromatic carbocycles. The number of carbonyl (C=O) groups is 1. The lowest BCUT2D eigenvalue weighted by atomic mass is 9.90. The van der Waals surface area contributed by atoms with Crippen molar-refractivity contribution in [3.63, 3.8) is 0 Å². The highest BCUT2D eigenvalue weighted by molar-refractivity contribution is 5.68. The Morgan fingerprint density at radius 1 is 1.36 bits per heavy atom. The summed E-state index contributed by atoms with van der Waals surface area (Å²) < 4.78 is 31.6. The first-order valence-corrected chi connectivity index (χ1v) is 9.94. The fraction of sp³-hybridized carbons (Fsp3) is 0.667. The highest BCUT2D eigenvalue weighted by Crippen LogP contribution is 2.34. The molecule has 0 bridgehead atoms. The molecule has 3 rings (SSSR count). The minimum Gasteiger partial charge on any atom is -0.444 e. The van der Waals surface area contributed by atoms with E-state index in [1.165, 1.54) is 6.07 Å². The molecule has 2 aliphatic heterocycles. The summed E-state index contributed by atoms with van der Waals surface area (Å²) in [6, 6.07) is 4.72. The highest BCUT2D eigenvalue weighted by atomic mass is 19.1. The van der Waals surface area contributed by atoms with E-state index in [9.17, 15) is 9.18 Å². The molecule has 0 unspecified atom stereocenters. The third-order valence-corrected chi connectivity index (χ3v) is 5.25. The van der Waals surface area contributed by atoms with Crippen molar-refractivity contribution < 1.29 is 23.4 Å². The van der Waals surface area contributed by atoms with E-state index in [1.54, 1.807) is 17.0 Å². The van der Waals surface area contributed by atoms with Gasteiger partial charge in [-0.1, -0.05) is 6.07 Å². The van der Waals surface area contributed by atoms with Gasteiger partial charge in [0.1, 0.15) is 11.4 Å². The number of nitrogen functional groups attached to an aromatic ring is 1. The number of nitrogens with two attached hydrogens (primary N) is 1. The SMILES string of the molecule is CC(C)(C)OC(=O)N1C[C@@H](CCc2c(N)cccc2F)OC2(CCOCC2)C1. The summed E-state index contributed by atoms with van der Waals surface area (Å²) in [4.78, 5) is 14.4. The van der Waals surface area contributed by atoms with Crippen molar-refractivity contribution in [1.82, 2.24) is 4.90 Å². The van der Waals surface area contributed by atoms with E-state index in [1.807, 2.05) is 20.8 Å². The molecule has 2 fully saturated rings. The van der Waals surface area contributed by atoms with Gasteiger partial charge >= 0.3 is 6.09 Å². The second-order valence-electron chi connectivity index (χ2n) is 8.74. The number of morpholine rings is 1. The first-order valence-electron chi connectivity index (χ1n) is 9.94. The Balaban J connectivity index is 1.73. The molecule has 1 spiro atoms. The summed E-state index contributed by atoms with van der Waals surface area (Å²) in [5, 5.41) is 0. The second-order valence-corrected chi connectivity index (χ2v) is 8.74. The lowest BCUT2D eigenvalue weighted by Crippen LogP contribution is -2.59. The van der Waals surface area contributed by atoms with Gasteiger partial charge in [0.15, 0.2) is 0 Å². The fourth-order valence-electron chi connectivity index (χ4n) is 3.87. The molecule has 1 amide bonds. The van der Waals surface area contributed by atoms with Crippen molar-refractivity contribution in [2.45, 2.75) is 63.8 Å². The molecule has 0 radical (unpaired) electrons. The smallest absolute Gasteiger partial charge is 0.410 e. The van der Waals surface area contributed by atoms with E-state index in [2.05, 4.69) is 0 Å². The van der Waals surface area contributed by atoms with Crippen LogP contribution in [-0.2, 0) is 20.6 Å². The minimum absolute atomic E-state index is 0.210. The number of anilines is 1. The third kappa shape index (κ3) is 5.14. The van der Waals surface area contributed by atoms with E-state index in [-0.39, 0.29) is 18.0 Å². The summed E-state index contributed by atoms with van der Waals surface area (Å²) in [5.74, 6) is -0.305. The van der Waals surface area contributed by atoms with Gasteiger partial charge in [-0.25, -0.2) is 9.18 Å². The van der Waals surface area contributed by atoms with Crippen LogP contribution in [-0.4, -0.2) is 54.6 Å². The lowest BCUT2D eigenvalue weighted by molar-refractivity contribution is -0.186. The second kappa shape index (κ2) is 8.25. The van der Waals surface area contributed by atoms with Gasteiger partial charge < -0.3 is 24.8 Å². The normalized spacial score (nSPS) is 22.3.